The molecule has 2 heterocycles. The van der Waals surface area contributed by atoms with Crippen molar-refractivity contribution in [1.82, 2.24) is 15.3 Å². The third-order valence-electron chi connectivity index (χ3n) is 4.19. The number of aromatic nitrogens is 2. The Morgan fingerprint density at radius 3 is 2.52 bits per heavy atom. The van der Waals surface area contributed by atoms with Gasteiger partial charge in [0.2, 0.25) is 5.91 Å². The Kier molecular flexibility index (Phi) is 5.35. The van der Waals surface area contributed by atoms with Gasteiger partial charge in [0.1, 0.15) is 5.82 Å². The van der Waals surface area contributed by atoms with Gasteiger partial charge in [-0.15, -0.1) is 0 Å². The first-order valence-corrected chi connectivity index (χ1v) is 8.14. The van der Waals surface area contributed by atoms with Gasteiger partial charge in [-0.1, -0.05) is 18.2 Å². The van der Waals surface area contributed by atoms with Gasteiger partial charge in [-0.05, 0) is 24.5 Å². The number of rotatable bonds is 5. The third kappa shape index (κ3) is 4.19. The van der Waals surface area contributed by atoms with E-state index >= 15 is 0 Å². The van der Waals surface area contributed by atoms with Crippen molar-refractivity contribution in [2.24, 2.45) is 5.92 Å². The van der Waals surface area contributed by atoms with Crippen molar-refractivity contribution in [1.29, 1.82) is 0 Å². The van der Waals surface area contributed by atoms with Gasteiger partial charge in [-0.25, -0.2) is 14.8 Å². The zero-order valence-corrected chi connectivity index (χ0v) is 13.6. The predicted molar refractivity (Wildman–Crippen MR) is 89.8 cm³/mol. The molecule has 2 aromatic rings. The summed E-state index contributed by atoms with van der Waals surface area (Å²) < 4.78 is 5.25. The minimum absolute atomic E-state index is 0.00722. The first-order valence-electron chi connectivity index (χ1n) is 8.14. The van der Waals surface area contributed by atoms with Gasteiger partial charge in [0.25, 0.3) is 0 Å². The number of nitrogens with zero attached hydrogens (tertiary/aromatic N) is 2. The average molecular weight is 341 g/mol. The summed E-state index contributed by atoms with van der Waals surface area (Å²) in [5.74, 6) is -0.539. The fraction of sp³-hybridized carbons (Fsp3) is 0.333. The van der Waals surface area contributed by atoms with Crippen LogP contribution in [0.15, 0.2) is 36.7 Å². The standard InChI is InChI=1S/C18H19N3O4/c22-17(12-5-7-25-8-6-12)21-11-16-19-9-13(10-20-16)14-3-1-2-4-15(14)18(23)24/h1-4,9-10,12H,5-8,11H2,(H,21,22)(H,23,24). The highest BCUT2D eigenvalue weighted by Gasteiger charge is 2.21. The number of nitrogens with one attached hydrogen (secondary N) is 1. The van der Waals surface area contributed by atoms with E-state index in [4.69, 9.17) is 4.74 Å². The topological polar surface area (TPSA) is 101 Å². The summed E-state index contributed by atoms with van der Waals surface area (Å²) in [4.78, 5) is 31.8. The fourth-order valence-corrected chi connectivity index (χ4v) is 2.78. The second-order valence-corrected chi connectivity index (χ2v) is 5.84. The van der Waals surface area contributed by atoms with Gasteiger partial charge in [0.05, 0.1) is 12.1 Å². The summed E-state index contributed by atoms with van der Waals surface area (Å²) >= 11 is 0. The molecule has 2 N–H and O–H groups in total. The van der Waals surface area contributed by atoms with Crippen molar-refractivity contribution in [2.75, 3.05) is 13.2 Å². The van der Waals surface area contributed by atoms with Gasteiger partial charge in [-0.3, -0.25) is 4.79 Å². The van der Waals surface area contributed by atoms with E-state index in [1.165, 1.54) is 0 Å². The second kappa shape index (κ2) is 7.85. The number of hydrogen-bond donors (Lipinski definition) is 2. The molecule has 1 aromatic carbocycles. The first kappa shape index (κ1) is 17.0. The van der Waals surface area contributed by atoms with Crippen LogP contribution in [0, 0.1) is 5.92 Å². The Morgan fingerprint density at radius 1 is 1.16 bits per heavy atom. The molecule has 1 aliphatic rings. The minimum Gasteiger partial charge on any atom is -0.478 e. The van der Waals surface area contributed by atoms with Crippen molar-refractivity contribution < 1.29 is 19.4 Å². The number of carboxylic acids is 1. The van der Waals surface area contributed by atoms with Crippen LogP contribution in [-0.2, 0) is 16.1 Å². The van der Waals surface area contributed by atoms with E-state index in [0.717, 1.165) is 12.8 Å². The highest BCUT2D eigenvalue weighted by atomic mass is 16.5. The van der Waals surface area contributed by atoms with Crippen LogP contribution in [0.2, 0.25) is 0 Å². The van der Waals surface area contributed by atoms with Crippen LogP contribution in [0.4, 0.5) is 0 Å². The molecule has 0 radical (unpaired) electrons. The Bertz CT molecular complexity index is 755. The number of carbonyl (C=O) groups is 2. The molecule has 0 aliphatic carbocycles. The molecule has 0 unspecified atom stereocenters. The summed E-state index contributed by atoms with van der Waals surface area (Å²) in [6, 6.07) is 6.70. The molecule has 1 aliphatic heterocycles. The van der Waals surface area contributed by atoms with E-state index in [2.05, 4.69) is 15.3 Å². The van der Waals surface area contributed by atoms with Crippen molar-refractivity contribution >= 4 is 11.9 Å². The second-order valence-electron chi connectivity index (χ2n) is 5.84. The molecule has 7 nitrogen and oxygen atoms in total. The van der Waals surface area contributed by atoms with Crippen LogP contribution in [0.1, 0.15) is 29.0 Å². The van der Waals surface area contributed by atoms with Gasteiger partial charge < -0.3 is 15.2 Å². The van der Waals surface area contributed by atoms with Gasteiger partial charge in [0, 0.05) is 37.1 Å². The molecule has 130 valence electrons. The van der Waals surface area contributed by atoms with Gasteiger partial charge in [-0.2, -0.15) is 0 Å². The normalized spacial score (nSPS) is 14.9. The molecule has 1 amide bonds. The highest BCUT2D eigenvalue weighted by Crippen LogP contribution is 2.22. The lowest BCUT2D eigenvalue weighted by atomic mass is 9.99. The smallest absolute Gasteiger partial charge is 0.336 e. The molecule has 7 heteroatoms. The molecule has 25 heavy (non-hydrogen) atoms. The quantitative estimate of drug-likeness (QED) is 0.861. The molecule has 1 fully saturated rings. The largest absolute Gasteiger partial charge is 0.478 e. The van der Waals surface area contributed by atoms with E-state index in [1.54, 1.807) is 36.7 Å². The Labute approximate surface area is 145 Å². The van der Waals surface area contributed by atoms with Gasteiger partial charge >= 0.3 is 5.97 Å². The third-order valence-corrected chi connectivity index (χ3v) is 4.19. The zero-order chi connectivity index (χ0) is 17.6. The molecule has 0 spiro atoms. The van der Waals surface area contributed by atoms with E-state index in [1.807, 2.05) is 0 Å². The number of carbonyl (C=O) groups excluding carboxylic acids is 1. The van der Waals surface area contributed by atoms with Crippen LogP contribution < -0.4 is 5.32 Å². The van der Waals surface area contributed by atoms with Crippen LogP contribution >= 0.6 is 0 Å². The molecule has 0 saturated carbocycles. The minimum atomic E-state index is -0.997. The van der Waals surface area contributed by atoms with Crippen LogP contribution in [-0.4, -0.2) is 40.2 Å². The molecule has 0 bridgehead atoms. The number of amides is 1. The lowest BCUT2D eigenvalue weighted by Gasteiger charge is -2.20. The number of aromatic carboxylic acids is 1. The Balaban J connectivity index is 1.65. The van der Waals surface area contributed by atoms with Crippen LogP contribution in [0.3, 0.4) is 0 Å². The predicted octanol–water partition coefficient (Wildman–Crippen LogP) is 1.88. The maximum Gasteiger partial charge on any atom is 0.336 e. The Morgan fingerprint density at radius 2 is 1.84 bits per heavy atom. The van der Waals surface area contributed by atoms with E-state index in [0.29, 0.717) is 30.2 Å². The monoisotopic (exact) mass is 341 g/mol. The summed E-state index contributed by atoms with van der Waals surface area (Å²) in [7, 11) is 0. The lowest BCUT2D eigenvalue weighted by Crippen LogP contribution is -2.34. The van der Waals surface area contributed by atoms with Crippen LogP contribution in [0.25, 0.3) is 11.1 Å². The van der Waals surface area contributed by atoms with Crippen molar-refractivity contribution in [3.8, 4) is 11.1 Å². The first-order chi connectivity index (χ1) is 12.1. The maximum absolute atomic E-state index is 12.1. The maximum atomic E-state index is 12.1. The number of hydrogen-bond acceptors (Lipinski definition) is 5. The van der Waals surface area contributed by atoms with Crippen molar-refractivity contribution in [2.45, 2.75) is 19.4 Å². The fourth-order valence-electron chi connectivity index (χ4n) is 2.78. The lowest BCUT2D eigenvalue weighted by molar-refractivity contribution is -0.128. The van der Waals surface area contributed by atoms with Crippen molar-refractivity contribution in [3.05, 3.63) is 48.0 Å². The van der Waals surface area contributed by atoms with E-state index in [-0.39, 0.29) is 23.9 Å². The summed E-state index contributed by atoms with van der Waals surface area (Å²) in [5, 5.41) is 12.1. The van der Waals surface area contributed by atoms with E-state index < -0.39 is 5.97 Å². The number of ether oxygens (including phenoxy) is 1. The number of benzene rings is 1. The number of carboxylic acid groups (broad SMARTS) is 1. The molecule has 1 saturated heterocycles. The van der Waals surface area contributed by atoms with Crippen LogP contribution in [0.5, 0.6) is 0 Å². The van der Waals surface area contributed by atoms with Crippen molar-refractivity contribution in [3.63, 3.8) is 0 Å². The zero-order valence-electron chi connectivity index (χ0n) is 13.6. The SMILES string of the molecule is O=C(O)c1ccccc1-c1cnc(CNC(=O)C2CCOCC2)nc1. The molecular weight excluding hydrogens is 322 g/mol. The van der Waals surface area contributed by atoms with E-state index in [9.17, 15) is 14.7 Å². The summed E-state index contributed by atoms with van der Waals surface area (Å²) in [6.07, 6.45) is 4.62. The average Bonchev–Trinajstić information content (AvgIpc) is 2.67. The molecular formula is C18H19N3O4. The molecule has 1 aromatic heterocycles. The van der Waals surface area contributed by atoms with Gasteiger partial charge in [0.15, 0.2) is 0 Å². The summed E-state index contributed by atoms with van der Waals surface area (Å²) in [6.45, 7) is 1.48. The highest BCUT2D eigenvalue weighted by molar-refractivity contribution is 5.95. The Hall–Kier alpha value is -2.80. The molecule has 0 atom stereocenters. The molecule has 3 rings (SSSR count). The summed E-state index contributed by atoms with van der Waals surface area (Å²) in [5.41, 5.74) is 1.39.